The zero-order valence-electron chi connectivity index (χ0n) is 13.0. The molecule has 116 valence electrons. The molecule has 0 aliphatic heterocycles. The van der Waals surface area contributed by atoms with Crippen LogP contribution in [0.3, 0.4) is 0 Å². The first-order chi connectivity index (χ1) is 9.55. The van der Waals surface area contributed by atoms with Crippen LogP contribution in [0.5, 0.6) is 0 Å². The Balaban J connectivity index is 1.78. The summed E-state index contributed by atoms with van der Waals surface area (Å²) in [5, 5.41) is 3.38. The minimum absolute atomic E-state index is 0.260. The van der Waals surface area contributed by atoms with Crippen LogP contribution in [-0.2, 0) is 9.53 Å². The van der Waals surface area contributed by atoms with Gasteiger partial charge in [0.2, 0.25) is 5.91 Å². The van der Waals surface area contributed by atoms with Crippen molar-refractivity contribution in [3.8, 4) is 0 Å². The number of carbonyl (C=O) groups is 1. The van der Waals surface area contributed by atoms with E-state index in [0.29, 0.717) is 31.1 Å². The van der Waals surface area contributed by atoms with Gasteiger partial charge in [-0.1, -0.05) is 26.2 Å². The first kappa shape index (κ1) is 15.8. The van der Waals surface area contributed by atoms with Crippen LogP contribution < -0.4 is 11.1 Å². The van der Waals surface area contributed by atoms with Crippen LogP contribution in [0.2, 0.25) is 0 Å². The number of hydrogen-bond acceptors (Lipinski definition) is 3. The highest BCUT2D eigenvalue weighted by molar-refractivity contribution is 5.84. The summed E-state index contributed by atoms with van der Waals surface area (Å²) in [7, 11) is 0. The number of primary amides is 1. The normalized spacial score (nSPS) is 29.9. The van der Waals surface area contributed by atoms with Gasteiger partial charge in [0.05, 0.1) is 11.6 Å². The monoisotopic (exact) mass is 282 g/mol. The summed E-state index contributed by atoms with van der Waals surface area (Å²) >= 11 is 0. The highest BCUT2D eigenvalue weighted by Gasteiger charge is 2.37. The van der Waals surface area contributed by atoms with E-state index < -0.39 is 5.54 Å². The maximum atomic E-state index is 11.7. The molecule has 0 saturated heterocycles. The maximum Gasteiger partial charge on any atom is 0.237 e. The second kappa shape index (κ2) is 6.90. The van der Waals surface area contributed by atoms with Gasteiger partial charge in [0.15, 0.2) is 0 Å². The molecular weight excluding hydrogens is 252 g/mol. The van der Waals surface area contributed by atoms with Gasteiger partial charge < -0.3 is 15.8 Å². The number of nitrogens with one attached hydrogen (secondary N) is 1. The fraction of sp³-hybridized carbons (Fsp3) is 0.938. The molecule has 0 radical (unpaired) electrons. The molecule has 0 aromatic rings. The van der Waals surface area contributed by atoms with Crippen LogP contribution in [0.4, 0.5) is 0 Å². The standard InChI is InChI=1S/C16H30N2O2/c1-3-12-6-4-5-7-14(12)20-11-10-16(2,15(17)19)18-13-8-9-13/h12-14,18H,3-11H2,1-2H3,(H2,17,19). The molecule has 0 aromatic heterocycles. The third-order valence-electron chi connectivity index (χ3n) is 4.94. The lowest BCUT2D eigenvalue weighted by molar-refractivity contribution is -0.125. The molecule has 0 heterocycles. The first-order valence-electron chi connectivity index (χ1n) is 8.24. The molecule has 2 rings (SSSR count). The third-order valence-corrected chi connectivity index (χ3v) is 4.94. The molecule has 4 nitrogen and oxygen atoms in total. The van der Waals surface area contributed by atoms with Crippen molar-refractivity contribution in [1.82, 2.24) is 5.32 Å². The number of rotatable bonds is 8. The van der Waals surface area contributed by atoms with Crippen molar-refractivity contribution < 1.29 is 9.53 Å². The second-order valence-corrected chi connectivity index (χ2v) is 6.73. The van der Waals surface area contributed by atoms with Gasteiger partial charge in [0.25, 0.3) is 0 Å². The van der Waals surface area contributed by atoms with E-state index in [0.717, 1.165) is 12.8 Å². The van der Waals surface area contributed by atoms with E-state index in [-0.39, 0.29) is 5.91 Å². The van der Waals surface area contributed by atoms with Gasteiger partial charge in [-0.2, -0.15) is 0 Å². The Kier molecular flexibility index (Phi) is 5.44. The van der Waals surface area contributed by atoms with Gasteiger partial charge in [0, 0.05) is 12.6 Å². The summed E-state index contributed by atoms with van der Waals surface area (Å²) < 4.78 is 6.09. The lowest BCUT2D eigenvalue weighted by Crippen LogP contribution is -2.54. The number of carbonyl (C=O) groups excluding carboxylic acids is 1. The largest absolute Gasteiger partial charge is 0.378 e. The summed E-state index contributed by atoms with van der Waals surface area (Å²) in [6, 6.07) is 0.477. The average molecular weight is 282 g/mol. The Morgan fingerprint density at radius 1 is 1.30 bits per heavy atom. The van der Waals surface area contributed by atoms with E-state index in [4.69, 9.17) is 10.5 Å². The quantitative estimate of drug-likeness (QED) is 0.718. The van der Waals surface area contributed by atoms with Gasteiger partial charge in [-0.15, -0.1) is 0 Å². The zero-order valence-corrected chi connectivity index (χ0v) is 13.0. The van der Waals surface area contributed by atoms with E-state index in [1.54, 1.807) is 0 Å². The third kappa shape index (κ3) is 4.19. The fourth-order valence-electron chi connectivity index (χ4n) is 3.22. The molecule has 3 N–H and O–H groups in total. The first-order valence-corrected chi connectivity index (χ1v) is 8.24. The molecular formula is C16H30N2O2. The molecule has 3 unspecified atom stereocenters. The van der Waals surface area contributed by atoms with Crippen molar-refractivity contribution >= 4 is 5.91 Å². The minimum Gasteiger partial charge on any atom is -0.378 e. The van der Waals surface area contributed by atoms with Gasteiger partial charge >= 0.3 is 0 Å². The topological polar surface area (TPSA) is 64.3 Å². The van der Waals surface area contributed by atoms with Crippen LogP contribution in [0.25, 0.3) is 0 Å². The Bertz CT molecular complexity index is 330. The van der Waals surface area contributed by atoms with Crippen molar-refractivity contribution in [1.29, 1.82) is 0 Å². The van der Waals surface area contributed by atoms with E-state index in [1.165, 1.54) is 32.1 Å². The summed E-state index contributed by atoms with van der Waals surface area (Å²) in [5.74, 6) is 0.434. The Morgan fingerprint density at radius 2 is 2.00 bits per heavy atom. The SMILES string of the molecule is CCC1CCCCC1OCCC(C)(NC1CC1)C(N)=O. The fourth-order valence-corrected chi connectivity index (χ4v) is 3.22. The highest BCUT2D eigenvalue weighted by atomic mass is 16.5. The van der Waals surface area contributed by atoms with Crippen molar-refractivity contribution in [3.05, 3.63) is 0 Å². The average Bonchev–Trinajstić information content (AvgIpc) is 3.23. The van der Waals surface area contributed by atoms with Crippen molar-refractivity contribution in [2.24, 2.45) is 11.7 Å². The lowest BCUT2D eigenvalue weighted by atomic mass is 9.84. The Labute approximate surface area is 122 Å². The van der Waals surface area contributed by atoms with E-state index >= 15 is 0 Å². The second-order valence-electron chi connectivity index (χ2n) is 6.73. The molecule has 0 aromatic carbocycles. The van der Waals surface area contributed by atoms with Crippen LogP contribution >= 0.6 is 0 Å². The summed E-state index contributed by atoms with van der Waals surface area (Å²) in [6.07, 6.45) is 9.62. The van der Waals surface area contributed by atoms with Crippen molar-refractivity contribution in [3.63, 3.8) is 0 Å². The summed E-state index contributed by atoms with van der Waals surface area (Å²) in [5.41, 5.74) is 4.95. The van der Waals surface area contributed by atoms with Crippen molar-refractivity contribution in [2.75, 3.05) is 6.61 Å². The molecule has 4 heteroatoms. The highest BCUT2D eigenvalue weighted by Crippen LogP contribution is 2.30. The molecule has 2 aliphatic rings. The van der Waals surface area contributed by atoms with E-state index in [1.807, 2.05) is 6.92 Å². The van der Waals surface area contributed by atoms with E-state index in [9.17, 15) is 4.79 Å². The summed E-state index contributed by atoms with van der Waals surface area (Å²) in [4.78, 5) is 11.7. The molecule has 0 bridgehead atoms. The van der Waals surface area contributed by atoms with Gasteiger partial charge in [-0.3, -0.25) is 4.79 Å². The predicted octanol–water partition coefficient (Wildman–Crippen LogP) is 2.36. The minimum atomic E-state index is -0.614. The van der Waals surface area contributed by atoms with Gasteiger partial charge in [0.1, 0.15) is 0 Å². The van der Waals surface area contributed by atoms with Crippen LogP contribution in [-0.4, -0.2) is 30.2 Å². The molecule has 2 fully saturated rings. The lowest BCUT2D eigenvalue weighted by Gasteiger charge is -2.33. The van der Waals surface area contributed by atoms with Crippen LogP contribution in [0, 0.1) is 5.92 Å². The predicted molar refractivity (Wildman–Crippen MR) is 80.4 cm³/mol. The maximum absolute atomic E-state index is 11.7. The Morgan fingerprint density at radius 3 is 2.60 bits per heavy atom. The molecule has 3 atom stereocenters. The number of ether oxygens (including phenoxy) is 1. The van der Waals surface area contributed by atoms with Crippen molar-refractivity contribution in [2.45, 2.75) is 82.9 Å². The molecule has 1 amide bonds. The number of hydrogen-bond donors (Lipinski definition) is 2. The number of nitrogens with two attached hydrogens (primary N) is 1. The van der Waals surface area contributed by atoms with Gasteiger partial charge in [-0.05, 0) is 44.9 Å². The van der Waals surface area contributed by atoms with Crippen LogP contribution in [0.15, 0.2) is 0 Å². The molecule has 20 heavy (non-hydrogen) atoms. The molecule has 2 saturated carbocycles. The van der Waals surface area contributed by atoms with Crippen LogP contribution in [0.1, 0.15) is 65.2 Å². The van der Waals surface area contributed by atoms with Gasteiger partial charge in [-0.25, -0.2) is 0 Å². The number of amides is 1. The smallest absolute Gasteiger partial charge is 0.237 e. The molecule has 0 spiro atoms. The van der Waals surface area contributed by atoms with E-state index in [2.05, 4.69) is 12.2 Å². The zero-order chi connectivity index (χ0) is 14.6. The summed E-state index contributed by atoms with van der Waals surface area (Å²) in [6.45, 7) is 4.78. The molecule has 2 aliphatic carbocycles. The Hall–Kier alpha value is -0.610.